The zero-order chi connectivity index (χ0) is 16.0. The predicted molar refractivity (Wildman–Crippen MR) is 83.3 cm³/mol. The van der Waals surface area contributed by atoms with Gasteiger partial charge >= 0.3 is 5.97 Å². The number of halogens is 1. The van der Waals surface area contributed by atoms with Crippen molar-refractivity contribution in [3.63, 3.8) is 0 Å². The summed E-state index contributed by atoms with van der Waals surface area (Å²) >= 11 is 5.89. The summed E-state index contributed by atoms with van der Waals surface area (Å²) in [5.74, 6) is -0.326. The molecule has 21 heavy (non-hydrogen) atoms. The molecule has 0 spiro atoms. The Kier molecular flexibility index (Phi) is 6.69. The van der Waals surface area contributed by atoms with Crippen LogP contribution in [0, 0.1) is 12.8 Å². The molecule has 1 aromatic rings. The highest BCUT2D eigenvalue weighted by atomic mass is 35.5. The van der Waals surface area contributed by atoms with Crippen LogP contribution < -0.4 is 5.32 Å². The molecule has 0 fully saturated rings. The molecule has 0 saturated carbocycles. The number of aryl methyl sites for hydroxylation is 1. The van der Waals surface area contributed by atoms with Gasteiger partial charge in [0.25, 0.3) is 0 Å². The second kappa shape index (κ2) is 8.03. The number of benzene rings is 1. The molecule has 116 valence electrons. The Morgan fingerprint density at radius 3 is 2.52 bits per heavy atom. The van der Waals surface area contributed by atoms with Crippen molar-refractivity contribution in [3.05, 3.63) is 34.3 Å². The van der Waals surface area contributed by atoms with Crippen molar-refractivity contribution < 1.29 is 14.3 Å². The maximum absolute atomic E-state index is 12.1. The number of carbonyl (C=O) groups is 2. The van der Waals surface area contributed by atoms with Crippen LogP contribution in [0.15, 0.2) is 18.2 Å². The van der Waals surface area contributed by atoms with Crippen molar-refractivity contribution in [1.29, 1.82) is 0 Å². The quantitative estimate of drug-likeness (QED) is 0.822. The number of hydrogen-bond acceptors (Lipinski definition) is 3. The first-order chi connectivity index (χ1) is 9.83. The van der Waals surface area contributed by atoms with E-state index in [0.29, 0.717) is 11.4 Å². The molecule has 0 bridgehead atoms. The third-order valence-electron chi connectivity index (χ3n) is 3.18. The SMILES string of the molecule is COC(=O)C(CC(C)C)NC(=O)Cc1ccc(Cl)cc1C. The largest absolute Gasteiger partial charge is 0.467 e. The van der Waals surface area contributed by atoms with Gasteiger partial charge in [0, 0.05) is 5.02 Å². The molecule has 5 heteroatoms. The van der Waals surface area contributed by atoms with E-state index in [2.05, 4.69) is 5.32 Å². The Balaban J connectivity index is 2.71. The molecule has 1 rings (SSSR count). The first-order valence-corrected chi connectivity index (χ1v) is 7.33. The zero-order valence-electron chi connectivity index (χ0n) is 12.9. The maximum atomic E-state index is 12.1. The van der Waals surface area contributed by atoms with Gasteiger partial charge in [-0.05, 0) is 42.5 Å². The molecule has 1 N–H and O–H groups in total. The summed E-state index contributed by atoms with van der Waals surface area (Å²) in [7, 11) is 1.32. The van der Waals surface area contributed by atoms with E-state index in [-0.39, 0.29) is 18.2 Å². The molecular formula is C16H22ClNO3. The number of nitrogens with one attached hydrogen (secondary N) is 1. The van der Waals surface area contributed by atoms with E-state index in [9.17, 15) is 9.59 Å². The highest BCUT2D eigenvalue weighted by Crippen LogP contribution is 2.16. The lowest BCUT2D eigenvalue weighted by Gasteiger charge is -2.18. The number of amides is 1. The number of ether oxygens (including phenoxy) is 1. The topological polar surface area (TPSA) is 55.4 Å². The van der Waals surface area contributed by atoms with Crippen molar-refractivity contribution in [3.8, 4) is 0 Å². The normalized spacial score (nSPS) is 12.1. The highest BCUT2D eigenvalue weighted by Gasteiger charge is 2.22. The van der Waals surface area contributed by atoms with Crippen LogP contribution in [0.1, 0.15) is 31.4 Å². The molecule has 1 amide bonds. The van der Waals surface area contributed by atoms with Gasteiger partial charge in [-0.25, -0.2) is 4.79 Å². The van der Waals surface area contributed by atoms with Crippen molar-refractivity contribution in [2.45, 2.75) is 39.7 Å². The van der Waals surface area contributed by atoms with Crippen LogP contribution in [-0.2, 0) is 20.7 Å². The molecule has 4 nitrogen and oxygen atoms in total. The molecule has 0 heterocycles. The number of methoxy groups -OCH3 is 1. The fraction of sp³-hybridized carbons (Fsp3) is 0.500. The Hall–Kier alpha value is -1.55. The van der Waals surface area contributed by atoms with E-state index in [1.54, 1.807) is 6.07 Å². The van der Waals surface area contributed by atoms with Gasteiger partial charge in [0.2, 0.25) is 5.91 Å². The Morgan fingerprint density at radius 2 is 2.00 bits per heavy atom. The molecule has 0 saturated heterocycles. The summed E-state index contributed by atoms with van der Waals surface area (Å²) in [6, 6.07) is 4.79. The molecule has 1 unspecified atom stereocenters. The lowest BCUT2D eigenvalue weighted by Crippen LogP contribution is -2.43. The smallest absolute Gasteiger partial charge is 0.328 e. The lowest BCUT2D eigenvalue weighted by molar-refractivity contribution is -0.145. The molecular weight excluding hydrogens is 290 g/mol. The Labute approximate surface area is 130 Å². The van der Waals surface area contributed by atoms with Crippen LogP contribution in [0.25, 0.3) is 0 Å². The summed E-state index contributed by atoms with van der Waals surface area (Å²) in [5.41, 5.74) is 1.85. The molecule has 1 aromatic carbocycles. The molecule has 0 aliphatic heterocycles. The number of carbonyl (C=O) groups excluding carboxylic acids is 2. The van der Waals surface area contributed by atoms with E-state index in [0.717, 1.165) is 11.1 Å². The van der Waals surface area contributed by atoms with Crippen LogP contribution in [0.3, 0.4) is 0 Å². The molecule has 0 aliphatic carbocycles. The Bertz CT molecular complexity index is 514. The van der Waals surface area contributed by atoms with Crippen molar-refractivity contribution in [2.24, 2.45) is 5.92 Å². The van der Waals surface area contributed by atoms with E-state index in [4.69, 9.17) is 16.3 Å². The van der Waals surface area contributed by atoms with E-state index in [1.807, 2.05) is 32.9 Å². The molecule has 0 aliphatic rings. The predicted octanol–water partition coefficient (Wildman–Crippen LogP) is 2.89. The van der Waals surface area contributed by atoms with Crippen molar-refractivity contribution in [2.75, 3.05) is 7.11 Å². The Morgan fingerprint density at radius 1 is 1.33 bits per heavy atom. The van der Waals surface area contributed by atoms with Crippen molar-refractivity contribution in [1.82, 2.24) is 5.32 Å². The van der Waals surface area contributed by atoms with Gasteiger partial charge < -0.3 is 10.1 Å². The number of esters is 1. The third kappa shape index (κ3) is 5.76. The van der Waals surface area contributed by atoms with Crippen molar-refractivity contribution >= 4 is 23.5 Å². The first kappa shape index (κ1) is 17.5. The summed E-state index contributed by atoms with van der Waals surface area (Å²) in [6.07, 6.45) is 0.770. The maximum Gasteiger partial charge on any atom is 0.328 e. The zero-order valence-corrected chi connectivity index (χ0v) is 13.7. The molecule has 1 atom stereocenters. The fourth-order valence-electron chi connectivity index (χ4n) is 2.10. The average molecular weight is 312 g/mol. The highest BCUT2D eigenvalue weighted by molar-refractivity contribution is 6.30. The number of rotatable bonds is 6. The van der Waals surface area contributed by atoms with Gasteiger partial charge in [-0.15, -0.1) is 0 Å². The third-order valence-corrected chi connectivity index (χ3v) is 3.42. The monoisotopic (exact) mass is 311 g/mol. The lowest BCUT2D eigenvalue weighted by atomic mass is 10.0. The van der Waals surface area contributed by atoms with Gasteiger partial charge in [0.15, 0.2) is 0 Å². The minimum absolute atomic E-state index is 0.198. The van der Waals surface area contributed by atoms with Crippen LogP contribution >= 0.6 is 11.6 Å². The number of hydrogen-bond donors (Lipinski definition) is 1. The van der Waals surface area contributed by atoms with Crippen LogP contribution in [0.4, 0.5) is 0 Å². The second-order valence-corrected chi connectivity index (χ2v) is 5.96. The summed E-state index contributed by atoms with van der Waals surface area (Å²) < 4.78 is 4.73. The van der Waals surface area contributed by atoms with Gasteiger partial charge in [-0.1, -0.05) is 31.5 Å². The average Bonchev–Trinajstić information content (AvgIpc) is 2.39. The van der Waals surface area contributed by atoms with Gasteiger partial charge in [0.05, 0.1) is 13.5 Å². The minimum atomic E-state index is -0.602. The first-order valence-electron chi connectivity index (χ1n) is 6.95. The van der Waals surface area contributed by atoms with Gasteiger partial charge in [-0.3, -0.25) is 4.79 Å². The second-order valence-electron chi connectivity index (χ2n) is 5.52. The van der Waals surface area contributed by atoms with E-state index in [1.165, 1.54) is 7.11 Å². The summed E-state index contributed by atoms with van der Waals surface area (Å²) in [6.45, 7) is 5.89. The minimum Gasteiger partial charge on any atom is -0.467 e. The standard InChI is InChI=1S/C16H22ClNO3/c1-10(2)7-14(16(20)21-4)18-15(19)9-12-5-6-13(17)8-11(12)3/h5-6,8,10,14H,7,9H2,1-4H3,(H,18,19). The van der Waals surface area contributed by atoms with Crippen LogP contribution in [0.5, 0.6) is 0 Å². The fourth-order valence-corrected chi connectivity index (χ4v) is 2.33. The van der Waals surface area contributed by atoms with Crippen LogP contribution in [-0.4, -0.2) is 25.0 Å². The van der Waals surface area contributed by atoms with Gasteiger partial charge in [0.1, 0.15) is 6.04 Å². The summed E-state index contributed by atoms with van der Waals surface area (Å²) in [4.78, 5) is 23.8. The van der Waals surface area contributed by atoms with Gasteiger partial charge in [-0.2, -0.15) is 0 Å². The summed E-state index contributed by atoms with van der Waals surface area (Å²) in [5, 5.41) is 3.39. The van der Waals surface area contributed by atoms with Crippen LogP contribution in [0.2, 0.25) is 5.02 Å². The van der Waals surface area contributed by atoms with E-state index >= 15 is 0 Å². The molecule has 0 aromatic heterocycles. The molecule has 0 radical (unpaired) electrons. The van der Waals surface area contributed by atoms with E-state index < -0.39 is 12.0 Å².